The molecule has 0 fully saturated rings. The maximum Gasteiger partial charge on any atom is 0.160 e. The van der Waals surface area contributed by atoms with E-state index in [2.05, 4.69) is 62.6 Å². The number of hydrogen-bond donors (Lipinski definition) is 0. The summed E-state index contributed by atoms with van der Waals surface area (Å²) in [6.07, 6.45) is 5.38. The van der Waals surface area contributed by atoms with Crippen LogP contribution in [-0.2, 0) is 0 Å². The lowest BCUT2D eigenvalue weighted by molar-refractivity contribution is 0.459. The zero-order valence-electron chi connectivity index (χ0n) is 14.0. The first kappa shape index (κ1) is 17.4. The summed E-state index contributed by atoms with van der Waals surface area (Å²) in [6.45, 7) is 11.7. The van der Waals surface area contributed by atoms with Crippen LogP contribution in [0, 0.1) is 0 Å². The first-order chi connectivity index (χ1) is 9.75. The van der Waals surface area contributed by atoms with Crippen LogP contribution in [0.15, 0.2) is 30.3 Å². The summed E-state index contributed by atoms with van der Waals surface area (Å²) in [7, 11) is -1.51. The van der Waals surface area contributed by atoms with Crippen LogP contribution in [0.25, 0.3) is 0 Å². The Morgan fingerprint density at radius 1 is 0.800 bits per heavy atom. The van der Waals surface area contributed by atoms with Crippen molar-refractivity contribution in [3.8, 4) is 0 Å². The van der Waals surface area contributed by atoms with E-state index in [1.165, 1.54) is 50.9 Å². The Bertz CT molecular complexity index is 338. The van der Waals surface area contributed by atoms with Gasteiger partial charge in [-0.15, -0.1) is 0 Å². The second-order valence-corrected chi connectivity index (χ2v) is 10.0. The molecule has 0 saturated carbocycles. The molecule has 1 aromatic carbocycles. The van der Waals surface area contributed by atoms with Crippen LogP contribution in [0.4, 0.5) is 0 Å². The van der Waals surface area contributed by atoms with E-state index in [1.807, 2.05) is 0 Å². The van der Waals surface area contributed by atoms with Crippen LogP contribution in [0.2, 0.25) is 12.1 Å². The Labute approximate surface area is 127 Å². The summed E-state index contributed by atoms with van der Waals surface area (Å²) in [4.78, 5) is 0. The van der Waals surface area contributed by atoms with E-state index in [0.29, 0.717) is 0 Å². The van der Waals surface area contributed by atoms with Crippen molar-refractivity contribution < 1.29 is 0 Å². The molecule has 20 heavy (non-hydrogen) atoms. The Balaban J connectivity index is 3.16. The number of hydrogen-bond acceptors (Lipinski definition) is 1. The molecule has 0 aliphatic rings. The second-order valence-electron chi connectivity index (χ2n) is 5.78. The molecule has 114 valence electrons. The lowest BCUT2D eigenvalue weighted by Gasteiger charge is -2.42. The number of rotatable bonds is 10. The fourth-order valence-electron chi connectivity index (χ4n) is 3.43. The smallest absolute Gasteiger partial charge is 0.160 e. The van der Waals surface area contributed by atoms with E-state index in [1.54, 1.807) is 5.19 Å². The molecule has 0 bridgehead atoms. The van der Waals surface area contributed by atoms with Gasteiger partial charge in [-0.2, -0.15) is 0 Å². The van der Waals surface area contributed by atoms with Crippen LogP contribution in [-0.4, -0.2) is 25.9 Å². The molecule has 0 radical (unpaired) electrons. The van der Waals surface area contributed by atoms with Crippen LogP contribution in [0.5, 0.6) is 0 Å². The first-order valence-corrected chi connectivity index (χ1v) is 10.9. The maximum atomic E-state index is 2.83. The second kappa shape index (κ2) is 9.35. The minimum Gasteiger partial charge on any atom is -0.320 e. The fraction of sp³-hybridized carbons (Fsp3) is 0.667. The largest absolute Gasteiger partial charge is 0.320 e. The SMILES string of the molecule is CCCC[Si](CCCC)(c1ccccc1)N(CC)CC. The quantitative estimate of drug-likeness (QED) is 0.561. The molecule has 0 unspecified atom stereocenters. The Hall–Kier alpha value is -0.603. The van der Waals surface area contributed by atoms with Gasteiger partial charge < -0.3 is 4.57 Å². The van der Waals surface area contributed by atoms with Gasteiger partial charge in [0.25, 0.3) is 0 Å². The molecule has 0 aliphatic carbocycles. The molecule has 0 atom stereocenters. The minimum absolute atomic E-state index is 1.20. The third-order valence-corrected chi connectivity index (χ3v) is 10.2. The average Bonchev–Trinajstić information content (AvgIpc) is 2.51. The minimum atomic E-state index is -1.51. The van der Waals surface area contributed by atoms with E-state index >= 15 is 0 Å². The summed E-state index contributed by atoms with van der Waals surface area (Å²) < 4.78 is 2.83. The van der Waals surface area contributed by atoms with Crippen molar-refractivity contribution in [3.05, 3.63) is 30.3 Å². The van der Waals surface area contributed by atoms with Crippen LogP contribution >= 0.6 is 0 Å². The summed E-state index contributed by atoms with van der Waals surface area (Å²) in [6, 6.07) is 14.3. The standard InChI is InChI=1S/C18H33NSi/c1-5-9-16-20(17-10-6-2,19(7-3)8-4)18-14-12-11-13-15-18/h11-15H,5-10,16-17H2,1-4H3. The molecule has 0 amide bonds. The average molecular weight is 292 g/mol. The number of nitrogens with zero attached hydrogens (tertiary/aromatic N) is 1. The predicted molar refractivity (Wildman–Crippen MR) is 94.2 cm³/mol. The summed E-state index contributed by atoms with van der Waals surface area (Å²) in [5, 5.41) is 1.66. The molecule has 2 heteroatoms. The molecule has 1 aromatic rings. The summed E-state index contributed by atoms with van der Waals surface area (Å²) in [5.41, 5.74) is 0. The lowest BCUT2D eigenvalue weighted by atomic mass is 10.4. The van der Waals surface area contributed by atoms with Gasteiger partial charge >= 0.3 is 0 Å². The Kier molecular flexibility index (Phi) is 8.16. The summed E-state index contributed by atoms with van der Waals surface area (Å²) in [5.74, 6) is 0. The summed E-state index contributed by atoms with van der Waals surface area (Å²) >= 11 is 0. The Morgan fingerprint density at radius 3 is 1.70 bits per heavy atom. The van der Waals surface area contributed by atoms with E-state index in [0.717, 1.165) is 0 Å². The third kappa shape index (κ3) is 4.19. The van der Waals surface area contributed by atoms with Crippen molar-refractivity contribution >= 4 is 13.4 Å². The van der Waals surface area contributed by atoms with Gasteiger partial charge in [0, 0.05) is 0 Å². The van der Waals surface area contributed by atoms with Crippen molar-refractivity contribution in [3.63, 3.8) is 0 Å². The van der Waals surface area contributed by atoms with Crippen molar-refractivity contribution in [1.29, 1.82) is 0 Å². The molecule has 1 nitrogen and oxygen atoms in total. The van der Waals surface area contributed by atoms with E-state index < -0.39 is 8.24 Å². The van der Waals surface area contributed by atoms with Crippen molar-refractivity contribution in [1.82, 2.24) is 4.57 Å². The Morgan fingerprint density at radius 2 is 1.30 bits per heavy atom. The highest BCUT2D eigenvalue weighted by Gasteiger charge is 2.38. The predicted octanol–water partition coefficient (Wildman–Crippen LogP) is 4.78. The van der Waals surface area contributed by atoms with Gasteiger partial charge in [-0.05, 0) is 30.4 Å². The fourth-order valence-corrected chi connectivity index (χ4v) is 9.15. The van der Waals surface area contributed by atoms with E-state index in [4.69, 9.17) is 0 Å². The van der Waals surface area contributed by atoms with E-state index in [9.17, 15) is 0 Å². The molecule has 0 saturated heterocycles. The molecular formula is C18H33NSi. The van der Waals surface area contributed by atoms with Crippen molar-refractivity contribution in [2.45, 2.75) is 65.5 Å². The van der Waals surface area contributed by atoms with Gasteiger partial charge in [0.05, 0.1) is 0 Å². The van der Waals surface area contributed by atoms with Gasteiger partial charge in [0.15, 0.2) is 8.24 Å². The molecule has 0 aliphatic heterocycles. The molecule has 0 spiro atoms. The number of unbranched alkanes of at least 4 members (excludes halogenated alkanes) is 2. The lowest BCUT2D eigenvalue weighted by Crippen LogP contribution is -2.62. The van der Waals surface area contributed by atoms with Gasteiger partial charge in [0.1, 0.15) is 0 Å². The van der Waals surface area contributed by atoms with Crippen LogP contribution in [0.3, 0.4) is 0 Å². The van der Waals surface area contributed by atoms with Gasteiger partial charge in [-0.3, -0.25) is 0 Å². The van der Waals surface area contributed by atoms with Gasteiger partial charge in [-0.25, -0.2) is 0 Å². The number of benzene rings is 1. The van der Waals surface area contributed by atoms with Crippen molar-refractivity contribution in [2.75, 3.05) is 13.1 Å². The molecule has 0 aromatic heterocycles. The normalized spacial score (nSPS) is 12.1. The zero-order chi connectivity index (χ0) is 14.8. The molecule has 1 rings (SSSR count). The van der Waals surface area contributed by atoms with E-state index in [-0.39, 0.29) is 0 Å². The maximum absolute atomic E-state index is 2.83. The molecular weight excluding hydrogens is 258 g/mol. The monoisotopic (exact) mass is 291 g/mol. The first-order valence-electron chi connectivity index (χ1n) is 8.55. The van der Waals surface area contributed by atoms with Crippen LogP contribution in [0.1, 0.15) is 53.4 Å². The van der Waals surface area contributed by atoms with Crippen molar-refractivity contribution in [2.24, 2.45) is 0 Å². The highest BCUT2D eigenvalue weighted by molar-refractivity contribution is 6.89. The third-order valence-electron chi connectivity index (χ3n) is 4.57. The molecule has 0 N–H and O–H groups in total. The van der Waals surface area contributed by atoms with Gasteiger partial charge in [-0.1, -0.05) is 83.7 Å². The molecule has 0 heterocycles. The van der Waals surface area contributed by atoms with Gasteiger partial charge in [0.2, 0.25) is 0 Å². The highest BCUT2D eigenvalue weighted by atomic mass is 28.3. The topological polar surface area (TPSA) is 3.24 Å². The van der Waals surface area contributed by atoms with Crippen LogP contribution < -0.4 is 5.19 Å². The zero-order valence-corrected chi connectivity index (χ0v) is 15.0. The highest BCUT2D eigenvalue weighted by Crippen LogP contribution is 2.26.